The van der Waals surface area contributed by atoms with Crippen LogP contribution in [0.2, 0.25) is 5.02 Å². The molecule has 0 fully saturated rings. The Labute approximate surface area is 136 Å². The van der Waals surface area contributed by atoms with Crippen molar-refractivity contribution in [3.8, 4) is 0 Å². The van der Waals surface area contributed by atoms with E-state index < -0.39 is 0 Å². The molecule has 5 heteroatoms. The summed E-state index contributed by atoms with van der Waals surface area (Å²) < 4.78 is 5.81. The van der Waals surface area contributed by atoms with Crippen LogP contribution in [0.1, 0.15) is 20.9 Å². The quantitative estimate of drug-likeness (QED) is 0.641. The van der Waals surface area contributed by atoms with Gasteiger partial charge in [0.25, 0.3) is 0 Å². The van der Waals surface area contributed by atoms with E-state index in [2.05, 4.69) is 4.98 Å². The van der Waals surface area contributed by atoms with Crippen molar-refractivity contribution in [3.05, 3.63) is 63.6 Å². The molecule has 22 heavy (non-hydrogen) atoms. The number of hydrogen-bond acceptors (Lipinski definition) is 4. The van der Waals surface area contributed by atoms with Gasteiger partial charge in [0, 0.05) is 5.02 Å². The van der Waals surface area contributed by atoms with Gasteiger partial charge < -0.3 is 4.74 Å². The molecular formula is C17H12ClNO2S. The molecule has 0 spiro atoms. The fraction of sp³-hybridized carbons (Fsp3) is 0.0588. The molecule has 110 valence electrons. The van der Waals surface area contributed by atoms with Crippen molar-refractivity contribution in [2.24, 2.45) is 0 Å². The first-order valence-electron chi connectivity index (χ1n) is 6.58. The number of rotatable bonds is 3. The molecule has 1 heterocycles. The molecule has 0 saturated carbocycles. The summed E-state index contributed by atoms with van der Waals surface area (Å²) in [6.45, 7) is 0. The van der Waals surface area contributed by atoms with Gasteiger partial charge in [-0.1, -0.05) is 29.8 Å². The molecule has 0 amide bonds. The molecule has 0 N–H and O–H groups in total. The van der Waals surface area contributed by atoms with Crippen LogP contribution in [-0.4, -0.2) is 18.1 Å². The van der Waals surface area contributed by atoms with Gasteiger partial charge in [-0.3, -0.25) is 0 Å². The maximum Gasteiger partial charge on any atom is 0.337 e. The van der Waals surface area contributed by atoms with Crippen LogP contribution in [0.15, 0.2) is 42.5 Å². The van der Waals surface area contributed by atoms with Crippen LogP contribution < -0.4 is 0 Å². The average Bonchev–Trinajstić information content (AvgIpc) is 2.94. The fourth-order valence-corrected chi connectivity index (χ4v) is 3.06. The number of methoxy groups -OCH3 is 1. The van der Waals surface area contributed by atoms with Crippen molar-refractivity contribution in [1.29, 1.82) is 0 Å². The zero-order chi connectivity index (χ0) is 15.5. The topological polar surface area (TPSA) is 39.2 Å². The van der Waals surface area contributed by atoms with Crippen molar-refractivity contribution < 1.29 is 9.53 Å². The third-order valence-corrected chi connectivity index (χ3v) is 4.33. The molecule has 0 aliphatic carbocycles. The Kier molecular flexibility index (Phi) is 4.22. The lowest BCUT2D eigenvalue weighted by Crippen LogP contribution is -2.00. The van der Waals surface area contributed by atoms with E-state index in [9.17, 15) is 4.79 Å². The number of carbonyl (C=O) groups excluding carboxylic acids is 1. The van der Waals surface area contributed by atoms with Crippen LogP contribution in [0, 0.1) is 0 Å². The van der Waals surface area contributed by atoms with Gasteiger partial charge in [0.1, 0.15) is 5.01 Å². The minimum atomic E-state index is -0.343. The summed E-state index contributed by atoms with van der Waals surface area (Å²) >= 11 is 7.56. The van der Waals surface area contributed by atoms with Gasteiger partial charge in [0.15, 0.2) is 0 Å². The lowest BCUT2D eigenvalue weighted by Gasteiger charge is -1.99. The highest BCUT2D eigenvalue weighted by Gasteiger charge is 2.05. The summed E-state index contributed by atoms with van der Waals surface area (Å²) in [5.41, 5.74) is 2.33. The van der Waals surface area contributed by atoms with Crippen molar-refractivity contribution >= 4 is 51.3 Å². The number of esters is 1. The molecule has 3 aromatic rings. The Morgan fingerprint density at radius 1 is 1.23 bits per heavy atom. The Balaban J connectivity index is 1.87. The van der Waals surface area contributed by atoms with E-state index in [1.165, 1.54) is 7.11 Å². The molecule has 0 unspecified atom stereocenters. The monoisotopic (exact) mass is 329 g/mol. The Hall–Kier alpha value is -2.17. The molecule has 0 aliphatic heterocycles. The predicted octanol–water partition coefficient (Wildman–Crippen LogP) is 4.91. The molecule has 0 bridgehead atoms. The van der Waals surface area contributed by atoms with Gasteiger partial charge in [0.05, 0.1) is 22.9 Å². The summed E-state index contributed by atoms with van der Waals surface area (Å²) in [6.07, 6.45) is 3.85. The maximum atomic E-state index is 11.5. The van der Waals surface area contributed by atoms with Crippen molar-refractivity contribution in [3.63, 3.8) is 0 Å². The van der Waals surface area contributed by atoms with E-state index in [4.69, 9.17) is 16.3 Å². The van der Waals surface area contributed by atoms with Crippen molar-refractivity contribution in [2.45, 2.75) is 0 Å². The number of halogens is 1. The molecule has 3 rings (SSSR count). The van der Waals surface area contributed by atoms with Gasteiger partial charge in [-0.15, -0.1) is 11.3 Å². The van der Waals surface area contributed by atoms with Gasteiger partial charge in [0.2, 0.25) is 0 Å². The lowest BCUT2D eigenvalue weighted by atomic mass is 10.1. The van der Waals surface area contributed by atoms with E-state index in [-0.39, 0.29) is 5.97 Å². The first-order valence-corrected chi connectivity index (χ1v) is 7.78. The molecule has 0 saturated heterocycles. The number of hydrogen-bond donors (Lipinski definition) is 0. The number of ether oxygens (including phenoxy) is 1. The fourth-order valence-electron chi connectivity index (χ4n) is 2.04. The third-order valence-electron chi connectivity index (χ3n) is 3.09. The van der Waals surface area contributed by atoms with Crippen LogP contribution in [-0.2, 0) is 4.74 Å². The lowest BCUT2D eigenvalue weighted by molar-refractivity contribution is 0.0600. The molecule has 0 atom stereocenters. The molecule has 0 radical (unpaired) electrons. The highest BCUT2D eigenvalue weighted by atomic mass is 35.5. The van der Waals surface area contributed by atoms with Crippen LogP contribution in [0.5, 0.6) is 0 Å². The number of aromatic nitrogens is 1. The minimum Gasteiger partial charge on any atom is -0.465 e. The highest BCUT2D eigenvalue weighted by molar-refractivity contribution is 7.19. The van der Waals surface area contributed by atoms with Gasteiger partial charge >= 0.3 is 5.97 Å². The maximum absolute atomic E-state index is 11.5. The number of carbonyl (C=O) groups is 1. The Morgan fingerprint density at radius 3 is 2.91 bits per heavy atom. The van der Waals surface area contributed by atoms with Gasteiger partial charge in [-0.2, -0.15) is 0 Å². The second-order valence-electron chi connectivity index (χ2n) is 4.61. The Morgan fingerprint density at radius 2 is 2.09 bits per heavy atom. The van der Waals surface area contributed by atoms with Crippen LogP contribution in [0.3, 0.4) is 0 Å². The van der Waals surface area contributed by atoms with Crippen LogP contribution in [0.4, 0.5) is 0 Å². The summed E-state index contributed by atoms with van der Waals surface area (Å²) in [4.78, 5) is 16.0. The van der Waals surface area contributed by atoms with E-state index >= 15 is 0 Å². The summed E-state index contributed by atoms with van der Waals surface area (Å²) in [5, 5.41) is 1.57. The zero-order valence-corrected chi connectivity index (χ0v) is 13.3. The highest BCUT2D eigenvalue weighted by Crippen LogP contribution is 2.26. The second kappa shape index (κ2) is 6.30. The van der Waals surface area contributed by atoms with E-state index in [0.29, 0.717) is 10.6 Å². The third kappa shape index (κ3) is 3.18. The normalized spacial score (nSPS) is 11.2. The van der Waals surface area contributed by atoms with Gasteiger partial charge in [-0.05, 0) is 42.0 Å². The Bertz CT molecular complexity index is 870. The SMILES string of the molecule is COC(=O)c1cccc(/C=C/c2nc3cc(Cl)ccc3s2)c1. The number of benzene rings is 2. The first kappa shape index (κ1) is 14.8. The molecule has 0 aliphatic rings. The summed E-state index contributed by atoms with van der Waals surface area (Å²) in [5.74, 6) is -0.343. The first-order chi connectivity index (χ1) is 10.7. The molecule has 2 aromatic carbocycles. The number of nitrogens with zero attached hydrogens (tertiary/aromatic N) is 1. The standard InChI is InChI=1S/C17H12ClNO2S/c1-21-17(20)12-4-2-3-11(9-12)5-8-16-19-14-10-13(18)6-7-15(14)22-16/h2-10H,1H3/b8-5+. The second-order valence-corrected chi connectivity index (χ2v) is 6.11. The van der Waals surface area contributed by atoms with Crippen molar-refractivity contribution in [1.82, 2.24) is 4.98 Å². The number of thiazole rings is 1. The van der Waals surface area contributed by atoms with E-state index in [1.54, 1.807) is 23.5 Å². The summed E-state index contributed by atoms with van der Waals surface area (Å²) in [7, 11) is 1.37. The molecular weight excluding hydrogens is 318 g/mol. The molecule has 1 aromatic heterocycles. The smallest absolute Gasteiger partial charge is 0.337 e. The van der Waals surface area contributed by atoms with Crippen LogP contribution >= 0.6 is 22.9 Å². The largest absolute Gasteiger partial charge is 0.465 e. The van der Waals surface area contributed by atoms with E-state index in [0.717, 1.165) is 20.8 Å². The van der Waals surface area contributed by atoms with Crippen molar-refractivity contribution in [2.75, 3.05) is 7.11 Å². The molecule has 3 nitrogen and oxygen atoms in total. The average molecular weight is 330 g/mol. The zero-order valence-electron chi connectivity index (χ0n) is 11.7. The van der Waals surface area contributed by atoms with Crippen LogP contribution in [0.25, 0.3) is 22.4 Å². The van der Waals surface area contributed by atoms with Gasteiger partial charge in [-0.25, -0.2) is 9.78 Å². The number of fused-ring (bicyclic) bond motifs is 1. The summed E-state index contributed by atoms with van der Waals surface area (Å²) in [6, 6.07) is 12.9. The minimum absolute atomic E-state index is 0.343. The predicted molar refractivity (Wildman–Crippen MR) is 91.3 cm³/mol. The van der Waals surface area contributed by atoms with E-state index in [1.807, 2.05) is 42.5 Å².